The standard InChI is InChI=1S/C18H23N3O4S/c22-17-5-2-14(8-10-20-26(23)24)15(12-17)13-25-18-6-3-16(4-7-18)21-11-1-9-19-21/h1,3-4,6-7,9,11,14-15,20H,2,5,8,10,12-13H2,(H,23,24)/p-1. The smallest absolute Gasteiger partial charge is 0.133 e. The second kappa shape index (κ2) is 9.07. The van der Waals surface area contributed by atoms with Crippen LogP contribution < -0.4 is 9.46 Å². The summed E-state index contributed by atoms with van der Waals surface area (Å²) in [5.74, 6) is 1.40. The van der Waals surface area contributed by atoms with Crippen LogP contribution in [-0.2, 0) is 16.1 Å². The first-order valence-electron chi connectivity index (χ1n) is 8.69. The Morgan fingerprint density at radius 1 is 1.31 bits per heavy atom. The van der Waals surface area contributed by atoms with Gasteiger partial charge in [0, 0.05) is 49.0 Å². The SMILES string of the molecule is O=C1CCC(CCNS(=O)[O-])C(COc2ccc(-n3cccn3)cc2)C1. The number of Topliss-reactive ketones (excluding diaryl/α,β-unsaturated/α-hetero) is 1. The van der Waals surface area contributed by atoms with Crippen LogP contribution in [0.2, 0.25) is 0 Å². The highest BCUT2D eigenvalue weighted by atomic mass is 32.2. The largest absolute Gasteiger partial charge is 0.760 e. The summed E-state index contributed by atoms with van der Waals surface area (Å²) in [4.78, 5) is 11.8. The first-order chi connectivity index (χ1) is 12.6. The van der Waals surface area contributed by atoms with Crippen LogP contribution >= 0.6 is 0 Å². The van der Waals surface area contributed by atoms with Crippen molar-refractivity contribution in [1.82, 2.24) is 14.5 Å². The van der Waals surface area contributed by atoms with E-state index < -0.39 is 11.3 Å². The Hall–Kier alpha value is -2.03. The Kier molecular flexibility index (Phi) is 6.54. The Balaban J connectivity index is 1.55. The molecule has 0 radical (unpaired) electrons. The van der Waals surface area contributed by atoms with Crippen molar-refractivity contribution in [3.8, 4) is 11.4 Å². The average Bonchev–Trinajstić information content (AvgIpc) is 3.16. The van der Waals surface area contributed by atoms with E-state index in [1.165, 1.54) is 0 Å². The molecule has 1 saturated carbocycles. The summed E-state index contributed by atoms with van der Waals surface area (Å²) in [5, 5.41) is 4.18. The molecule has 3 atom stereocenters. The van der Waals surface area contributed by atoms with Gasteiger partial charge < -0.3 is 9.29 Å². The zero-order chi connectivity index (χ0) is 18.4. The fourth-order valence-corrected chi connectivity index (χ4v) is 3.65. The summed E-state index contributed by atoms with van der Waals surface area (Å²) in [6, 6.07) is 9.50. The van der Waals surface area contributed by atoms with Crippen molar-refractivity contribution in [2.75, 3.05) is 13.2 Å². The summed E-state index contributed by atoms with van der Waals surface area (Å²) < 4.78 is 31.3. The molecular weight excluding hydrogens is 354 g/mol. The minimum atomic E-state index is -2.24. The molecule has 0 spiro atoms. The Morgan fingerprint density at radius 3 is 2.81 bits per heavy atom. The van der Waals surface area contributed by atoms with E-state index in [-0.39, 0.29) is 17.6 Å². The number of rotatable bonds is 8. The predicted octanol–water partition coefficient (Wildman–Crippen LogP) is 2.01. The second-order valence-corrected chi connectivity index (χ2v) is 7.23. The summed E-state index contributed by atoms with van der Waals surface area (Å²) in [6.07, 6.45) is 6.17. The molecule has 0 amide bonds. The minimum Gasteiger partial charge on any atom is -0.760 e. The summed E-state index contributed by atoms with van der Waals surface area (Å²) in [6.45, 7) is 0.849. The van der Waals surface area contributed by atoms with Gasteiger partial charge >= 0.3 is 0 Å². The number of carbonyl (C=O) groups excluding carboxylic acids is 1. The van der Waals surface area contributed by atoms with E-state index in [1.807, 2.05) is 36.5 Å². The molecule has 1 heterocycles. The van der Waals surface area contributed by atoms with Crippen LogP contribution in [0.1, 0.15) is 25.7 Å². The highest BCUT2D eigenvalue weighted by Gasteiger charge is 2.29. The molecule has 3 unspecified atom stereocenters. The van der Waals surface area contributed by atoms with Gasteiger partial charge in [0.1, 0.15) is 11.5 Å². The van der Waals surface area contributed by atoms with Gasteiger partial charge in [-0.25, -0.2) is 9.40 Å². The molecule has 0 saturated heterocycles. The molecule has 1 fully saturated rings. The minimum absolute atomic E-state index is 0.115. The van der Waals surface area contributed by atoms with Crippen LogP contribution in [0, 0.1) is 11.8 Å². The van der Waals surface area contributed by atoms with Crippen molar-refractivity contribution in [3.63, 3.8) is 0 Å². The van der Waals surface area contributed by atoms with Gasteiger partial charge in [-0.15, -0.1) is 0 Å². The van der Waals surface area contributed by atoms with Gasteiger partial charge in [-0.1, -0.05) is 0 Å². The molecule has 0 aliphatic heterocycles. The van der Waals surface area contributed by atoms with Crippen LogP contribution in [0.25, 0.3) is 5.69 Å². The maximum absolute atomic E-state index is 11.8. The van der Waals surface area contributed by atoms with Crippen LogP contribution in [0.3, 0.4) is 0 Å². The molecule has 8 heteroatoms. The normalized spacial score (nSPS) is 21.5. The number of nitrogens with zero attached hydrogens (tertiary/aromatic N) is 2. The number of aromatic nitrogens is 2. The van der Waals surface area contributed by atoms with Crippen molar-refractivity contribution >= 4 is 17.0 Å². The molecule has 1 aromatic carbocycles. The lowest BCUT2D eigenvalue weighted by atomic mass is 9.77. The van der Waals surface area contributed by atoms with E-state index in [9.17, 15) is 13.6 Å². The molecule has 1 aliphatic rings. The number of hydrogen-bond acceptors (Lipinski definition) is 5. The molecule has 2 aromatic rings. The number of ether oxygens (including phenoxy) is 1. The van der Waals surface area contributed by atoms with E-state index in [0.717, 1.165) is 17.9 Å². The van der Waals surface area contributed by atoms with E-state index in [2.05, 4.69) is 9.82 Å². The van der Waals surface area contributed by atoms with Crippen molar-refractivity contribution in [2.24, 2.45) is 11.8 Å². The van der Waals surface area contributed by atoms with Crippen molar-refractivity contribution < 1.29 is 18.3 Å². The second-order valence-electron chi connectivity index (χ2n) is 6.47. The number of hydrogen-bond donors (Lipinski definition) is 1. The summed E-state index contributed by atoms with van der Waals surface area (Å²) in [7, 11) is 0. The number of benzene rings is 1. The third-order valence-electron chi connectivity index (χ3n) is 4.76. The molecule has 0 bridgehead atoms. The zero-order valence-electron chi connectivity index (χ0n) is 14.4. The monoisotopic (exact) mass is 376 g/mol. The third kappa shape index (κ3) is 5.23. The lowest BCUT2D eigenvalue weighted by molar-refractivity contribution is -0.123. The van der Waals surface area contributed by atoms with Gasteiger partial charge in [0.05, 0.1) is 12.3 Å². The van der Waals surface area contributed by atoms with Gasteiger partial charge in [0.15, 0.2) is 0 Å². The Morgan fingerprint density at radius 2 is 2.12 bits per heavy atom. The Labute approximate surface area is 155 Å². The quantitative estimate of drug-likeness (QED) is 0.711. The van der Waals surface area contributed by atoms with Crippen molar-refractivity contribution in [2.45, 2.75) is 25.7 Å². The van der Waals surface area contributed by atoms with Gasteiger partial charge in [-0.2, -0.15) is 5.10 Å². The first-order valence-corrected chi connectivity index (χ1v) is 9.76. The highest BCUT2D eigenvalue weighted by molar-refractivity contribution is 7.77. The predicted molar refractivity (Wildman–Crippen MR) is 96.4 cm³/mol. The van der Waals surface area contributed by atoms with E-state index in [1.54, 1.807) is 10.9 Å². The van der Waals surface area contributed by atoms with Gasteiger partial charge in [0.2, 0.25) is 0 Å². The summed E-state index contributed by atoms with van der Waals surface area (Å²) in [5.41, 5.74) is 0.949. The molecule has 1 aliphatic carbocycles. The number of carbonyl (C=O) groups is 1. The fourth-order valence-electron chi connectivity index (χ4n) is 3.37. The maximum atomic E-state index is 11.8. The van der Waals surface area contributed by atoms with Crippen LogP contribution in [0.5, 0.6) is 5.75 Å². The van der Waals surface area contributed by atoms with Gasteiger partial charge in [-0.05, 0) is 49.1 Å². The number of nitrogens with one attached hydrogen (secondary N) is 1. The molecular formula is C18H22N3O4S-. The lowest BCUT2D eigenvalue weighted by Crippen LogP contribution is -2.32. The van der Waals surface area contributed by atoms with E-state index in [0.29, 0.717) is 32.4 Å². The molecule has 140 valence electrons. The topological polar surface area (TPSA) is 96.3 Å². The third-order valence-corrected chi connectivity index (χ3v) is 5.20. The van der Waals surface area contributed by atoms with E-state index in [4.69, 9.17) is 4.74 Å². The number of ketones is 1. The van der Waals surface area contributed by atoms with Gasteiger partial charge in [0.25, 0.3) is 0 Å². The Bertz CT molecular complexity index is 733. The van der Waals surface area contributed by atoms with E-state index >= 15 is 0 Å². The van der Waals surface area contributed by atoms with Crippen LogP contribution in [0.4, 0.5) is 0 Å². The molecule has 1 aromatic heterocycles. The highest BCUT2D eigenvalue weighted by Crippen LogP contribution is 2.31. The zero-order valence-corrected chi connectivity index (χ0v) is 15.2. The van der Waals surface area contributed by atoms with Crippen molar-refractivity contribution in [3.05, 3.63) is 42.7 Å². The summed E-state index contributed by atoms with van der Waals surface area (Å²) >= 11 is -2.24. The molecule has 3 rings (SSSR count). The maximum Gasteiger partial charge on any atom is 0.133 e. The van der Waals surface area contributed by atoms with Crippen LogP contribution in [0.15, 0.2) is 42.7 Å². The molecule has 1 N–H and O–H groups in total. The lowest BCUT2D eigenvalue weighted by Gasteiger charge is -2.31. The average molecular weight is 376 g/mol. The first kappa shape index (κ1) is 18.8. The van der Waals surface area contributed by atoms with Gasteiger partial charge in [-0.3, -0.25) is 9.00 Å². The fraction of sp³-hybridized carbons (Fsp3) is 0.444. The van der Waals surface area contributed by atoms with Crippen molar-refractivity contribution in [1.29, 1.82) is 0 Å². The van der Waals surface area contributed by atoms with Crippen LogP contribution in [-0.4, -0.2) is 37.5 Å². The molecule has 26 heavy (non-hydrogen) atoms. The molecule has 7 nitrogen and oxygen atoms in total.